The molecule has 0 amide bonds. The normalized spacial score (nSPS) is 32.4. The van der Waals surface area contributed by atoms with Gasteiger partial charge in [0.25, 0.3) is 0 Å². The molecular weight excluding hydrogens is 385 g/mol. The minimum absolute atomic E-state index is 0.0470. The number of hydroxylamine groups is 2. The first-order valence-corrected chi connectivity index (χ1v) is 10.3. The second-order valence-corrected chi connectivity index (χ2v) is 8.48. The number of allylic oxidation sites excluding steroid dienone is 1. The van der Waals surface area contributed by atoms with Gasteiger partial charge in [0.1, 0.15) is 17.9 Å². The monoisotopic (exact) mass is 410 g/mol. The van der Waals surface area contributed by atoms with E-state index in [1.165, 1.54) is 12.1 Å². The average Bonchev–Trinajstić information content (AvgIpc) is 3.37. The van der Waals surface area contributed by atoms with Crippen LogP contribution in [0.25, 0.3) is 0 Å². The summed E-state index contributed by atoms with van der Waals surface area (Å²) in [5.74, 6) is 1.49. The summed E-state index contributed by atoms with van der Waals surface area (Å²) < 4.78 is 49.7. The standard InChI is InChI=1S/C21H25F3N2O3/c1-26-18(16-4-2-3-5-17(16)28-21(22,23)24)20(19(29-26)12-6-7-12)27-15-10-13-8-9-14(11-15)25-13/h2-5,12-15,18,25H,6-11H2,1H3. The molecule has 2 bridgehead atoms. The zero-order chi connectivity index (χ0) is 20.2. The molecule has 5 rings (SSSR count). The number of benzene rings is 1. The van der Waals surface area contributed by atoms with E-state index in [9.17, 15) is 13.2 Å². The van der Waals surface area contributed by atoms with E-state index in [2.05, 4.69) is 10.1 Å². The van der Waals surface area contributed by atoms with E-state index in [1.54, 1.807) is 24.2 Å². The zero-order valence-corrected chi connectivity index (χ0v) is 16.2. The fourth-order valence-corrected chi connectivity index (χ4v) is 4.84. The lowest BCUT2D eigenvalue weighted by molar-refractivity contribution is -0.275. The average molecular weight is 410 g/mol. The maximum absolute atomic E-state index is 13.0. The summed E-state index contributed by atoms with van der Waals surface area (Å²) in [6.45, 7) is 0. The highest BCUT2D eigenvalue weighted by Gasteiger charge is 2.46. The largest absolute Gasteiger partial charge is 0.573 e. The fourth-order valence-electron chi connectivity index (χ4n) is 4.84. The highest BCUT2D eigenvalue weighted by molar-refractivity contribution is 5.41. The Bertz CT molecular complexity index is 797. The Morgan fingerprint density at radius 3 is 2.41 bits per heavy atom. The summed E-state index contributed by atoms with van der Waals surface area (Å²) in [5, 5.41) is 5.19. The van der Waals surface area contributed by atoms with Crippen LogP contribution in [-0.4, -0.2) is 36.7 Å². The van der Waals surface area contributed by atoms with Gasteiger partial charge in [0.15, 0.2) is 11.5 Å². The van der Waals surface area contributed by atoms with E-state index in [-0.39, 0.29) is 17.8 Å². The van der Waals surface area contributed by atoms with Gasteiger partial charge in [0.2, 0.25) is 0 Å². The molecule has 3 fully saturated rings. The van der Waals surface area contributed by atoms with Crippen molar-refractivity contribution in [3.05, 3.63) is 41.3 Å². The van der Waals surface area contributed by atoms with Crippen LogP contribution in [0.4, 0.5) is 13.2 Å². The van der Waals surface area contributed by atoms with Crippen LogP contribution in [0.15, 0.2) is 35.8 Å². The first-order valence-electron chi connectivity index (χ1n) is 10.3. The zero-order valence-electron chi connectivity index (χ0n) is 16.2. The van der Waals surface area contributed by atoms with Crippen LogP contribution in [0, 0.1) is 5.92 Å². The van der Waals surface area contributed by atoms with Crippen molar-refractivity contribution in [3.63, 3.8) is 0 Å². The molecular formula is C21H25F3N2O3. The van der Waals surface area contributed by atoms with Gasteiger partial charge in [-0.15, -0.1) is 18.2 Å². The Balaban J connectivity index is 1.47. The van der Waals surface area contributed by atoms with Gasteiger partial charge in [0.05, 0.1) is 0 Å². The Morgan fingerprint density at radius 1 is 1.07 bits per heavy atom. The third-order valence-corrected chi connectivity index (χ3v) is 6.21. The second-order valence-electron chi connectivity index (χ2n) is 8.48. The minimum atomic E-state index is -4.76. The lowest BCUT2D eigenvalue weighted by Gasteiger charge is -2.31. The molecule has 1 aromatic carbocycles. The van der Waals surface area contributed by atoms with Crippen LogP contribution >= 0.6 is 0 Å². The van der Waals surface area contributed by atoms with Gasteiger partial charge in [0, 0.05) is 30.6 Å². The molecule has 158 valence electrons. The third-order valence-electron chi connectivity index (χ3n) is 6.21. The van der Waals surface area contributed by atoms with E-state index in [0.29, 0.717) is 23.4 Å². The lowest BCUT2D eigenvalue weighted by atomic mass is 10.00. The maximum Gasteiger partial charge on any atom is 0.573 e. The number of alkyl halides is 3. The molecule has 3 unspecified atom stereocenters. The van der Waals surface area contributed by atoms with Crippen LogP contribution in [0.1, 0.15) is 50.1 Å². The van der Waals surface area contributed by atoms with E-state index in [4.69, 9.17) is 9.57 Å². The second kappa shape index (κ2) is 7.09. The molecule has 3 heterocycles. The summed E-state index contributed by atoms with van der Waals surface area (Å²) in [6, 6.07) is 6.61. The summed E-state index contributed by atoms with van der Waals surface area (Å²) in [6.07, 6.45) is 1.45. The van der Waals surface area contributed by atoms with E-state index in [1.807, 2.05) is 0 Å². The number of hydrogen-bond acceptors (Lipinski definition) is 5. The van der Waals surface area contributed by atoms with Crippen molar-refractivity contribution in [2.75, 3.05) is 7.05 Å². The maximum atomic E-state index is 13.0. The third kappa shape index (κ3) is 3.92. The van der Waals surface area contributed by atoms with Crippen molar-refractivity contribution in [3.8, 4) is 5.75 Å². The number of hydrogen-bond donors (Lipinski definition) is 1. The van der Waals surface area contributed by atoms with E-state index < -0.39 is 12.4 Å². The Hall–Kier alpha value is -1.93. The van der Waals surface area contributed by atoms with Crippen LogP contribution in [0.5, 0.6) is 5.75 Å². The van der Waals surface area contributed by atoms with Crippen LogP contribution in [0.2, 0.25) is 0 Å². The molecule has 1 aliphatic carbocycles. The number of halogens is 3. The van der Waals surface area contributed by atoms with Crippen molar-refractivity contribution in [2.24, 2.45) is 5.92 Å². The molecule has 3 atom stereocenters. The molecule has 0 aromatic heterocycles. The Kier molecular flexibility index (Phi) is 4.66. The molecule has 3 aliphatic heterocycles. The van der Waals surface area contributed by atoms with Gasteiger partial charge in [-0.05, 0) is 44.6 Å². The first kappa shape index (κ1) is 19.1. The number of para-hydroxylation sites is 1. The summed E-state index contributed by atoms with van der Waals surface area (Å²) in [4.78, 5) is 6.00. The van der Waals surface area contributed by atoms with Gasteiger partial charge in [-0.1, -0.05) is 18.2 Å². The number of likely N-dealkylation sites (N-methyl/N-ethyl adjacent to an activating group) is 1. The van der Waals surface area contributed by atoms with Gasteiger partial charge < -0.3 is 19.6 Å². The predicted molar refractivity (Wildman–Crippen MR) is 98.5 cm³/mol. The Morgan fingerprint density at radius 2 is 1.76 bits per heavy atom. The smallest absolute Gasteiger partial charge is 0.489 e. The SMILES string of the molecule is CN1OC(C2CC2)=C(OC2CC3CCC(C2)N3)C1c1ccccc1OC(F)(F)F. The number of fused-ring (bicyclic) bond motifs is 2. The quantitative estimate of drug-likeness (QED) is 0.778. The summed E-state index contributed by atoms with van der Waals surface area (Å²) in [5.41, 5.74) is 0.398. The van der Waals surface area contributed by atoms with Gasteiger partial charge in [-0.3, -0.25) is 0 Å². The Labute approximate surface area is 167 Å². The topological polar surface area (TPSA) is 43.0 Å². The summed E-state index contributed by atoms with van der Waals surface area (Å²) >= 11 is 0. The minimum Gasteiger partial charge on any atom is -0.489 e. The van der Waals surface area contributed by atoms with Crippen LogP contribution < -0.4 is 10.1 Å². The number of rotatable bonds is 5. The lowest BCUT2D eigenvalue weighted by Crippen LogP contribution is -2.41. The molecule has 0 radical (unpaired) electrons. The number of ether oxygens (including phenoxy) is 2. The molecule has 0 spiro atoms. The molecule has 29 heavy (non-hydrogen) atoms. The number of nitrogens with one attached hydrogen (secondary N) is 1. The number of piperidine rings is 1. The number of nitrogens with zero attached hydrogens (tertiary/aromatic N) is 1. The predicted octanol–water partition coefficient (Wildman–Crippen LogP) is 4.42. The van der Waals surface area contributed by atoms with Crippen molar-refractivity contribution < 1.29 is 27.5 Å². The van der Waals surface area contributed by atoms with Gasteiger partial charge in [-0.2, -0.15) is 0 Å². The summed E-state index contributed by atoms with van der Waals surface area (Å²) in [7, 11) is 1.74. The van der Waals surface area contributed by atoms with E-state index in [0.717, 1.165) is 44.3 Å². The van der Waals surface area contributed by atoms with Crippen molar-refractivity contribution in [1.82, 2.24) is 10.4 Å². The highest BCUT2D eigenvalue weighted by atomic mass is 19.4. The van der Waals surface area contributed by atoms with E-state index >= 15 is 0 Å². The highest BCUT2D eigenvalue weighted by Crippen LogP contribution is 2.50. The van der Waals surface area contributed by atoms with Crippen molar-refractivity contribution in [2.45, 2.75) is 69.1 Å². The first-order chi connectivity index (χ1) is 13.9. The molecule has 5 nitrogen and oxygen atoms in total. The van der Waals surface area contributed by atoms with Gasteiger partial charge in [-0.25, -0.2) is 0 Å². The van der Waals surface area contributed by atoms with Crippen molar-refractivity contribution >= 4 is 0 Å². The molecule has 1 saturated carbocycles. The van der Waals surface area contributed by atoms with Crippen LogP contribution in [0.3, 0.4) is 0 Å². The van der Waals surface area contributed by atoms with Crippen molar-refractivity contribution in [1.29, 1.82) is 0 Å². The fraction of sp³-hybridized carbons (Fsp3) is 0.619. The molecule has 4 aliphatic rings. The molecule has 2 saturated heterocycles. The molecule has 1 N–H and O–H groups in total. The molecule has 1 aromatic rings. The molecule has 8 heteroatoms. The van der Waals surface area contributed by atoms with Crippen LogP contribution in [-0.2, 0) is 9.57 Å². The van der Waals surface area contributed by atoms with Gasteiger partial charge >= 0.3 is 6.36 Å².